The van der Waals surface area contributed by atoms with Gasteiger partial charge in [-0.25, -0.2) is 0 Å². The zero-order valence-electron chi connectivity index (χ0n) is 24.5. The number of nitrogens with zero attached hydrogens (tertiary/aromatic N) is 1. The summed E-state index contributed by atoms with van der Waals surface area (Å²) in [6, 6.07) is 27.8. The predicted octanol–water partition coefficient (Wildman–Crippen LogP) is 10.6. The van der Waals surface area contributed by atoms with Gasteiger partial charge in [0, 0.05) is 17.2 Å². The van der Waals surface area contributed by atoms with E-state index in [9.17, 15) is 0 Å². The minimum atomic E-state index is -0.195. The first-order chi connectivity index (χ1) is 19.0. The number of aryl methyl sites for hydroxylation is 3. The number of fused-ring (bicyclic) bond motifs is 3. The zero-order chi connectivity index (χ0) is 27.2. The van der Waals surface area contributed by atoms with Gasteiger partial charge in [-0.1, -0.05) is 113 Å². The molecule has 0 saturated heterocycles. The molecule has 4 aromatic rings. The van der Waals surface area contributed by atoms with Crippen LogP contribution in [-0.4, -0.2) is 4.98 Å². The maximum absolute atomic E-state index is 4.68. The monoisotopic (exact) mass is 515 g/mol. The van der Waals surface area contributed by atoms with Gasteiger partial charge in [0.15, 0.2) is 0 Å². The molecule has 202 valence electrons. The van der Waals surface area contributed by atoms with E-state index in [1.165, 1.54) is 114 Å². The second kappa shape index (κ2) is 12.3. The molecule has 1 unspecified atom stereocenters. The average molecular weight is 516 g/mol. The Morgan fingerprint density at radius 2 is 1.28 bits per heavy atom. The largest absolute Gasteiger partial charge is 0.256 e. The number of benzene rings is 3. The summed E-state index contributed by atoms with van der Waals surface area (Å²) in [7, 11) is 0. The number of pyridine rings is 1. The minimum absolute atomic E-state index is 0.195. The van der Waals surface area contributed by atoms with Crippen molar-refractivity contribution in [3.8, 4) is 22.4 Å². The van der Waals surface area contributed by atoms with Crippen LogP contribution in [0.2, 0.25) is 0 Å². The van der Waals surface area contributed by atoms with Crippen molar-refractivity contribution in [1.82, 2.24) is 4.98 Å². The zero-order valence-corrected chi connectivity index (χ0v) is 24.5. The molecule has 1 nitrogen and oxygen atoms in total. The van der Waals surface area contributed by atoms with E-state index in [2.05, 4.69) is 99.4 Å². The van der Waals surface area contributed by atoms with E-state index < -0.39 is 0 Å². The molecule has 0 N–H and O–H groups in total. The first-order valence-corrected chi connectivity index (χ1v) is 15.3. The fourth-order valence-corrected chi connectivity index (χ4v) is 6.50. The summed E-state index contributed by atoms with van der Waals surface area (Å²) in [5.41, 5.74) is 13.4. The second-order valence-corrected chi connectivity index (χ2v) is 11.8. The van der Waals surface area contributed by atoms with E-state index in [0.29, 0.717) is 0 Å². The third-order valence-corrected chi connectivity index (χ3v) is 8.79. The van der Waals surface area contributed by atoms with Gasteiger partial charge in [0.25, 0.3) is 0 Å². The minimum Gasteiger partial charge on any atom is -0.256 e. The molecule has 1 aliphatic carbocycles. The Kier molecular flexibility index (Phi) is 8.66. The SMILES string of the molecule is CCCCCCc1cc(CCCCCC)cc(C2(C)c3cc(C)ccc3-c3ccc(-c4ccccn4)cc32)c1. The maximum Gasteiger partial charge on any atom is 0.0702 e. The Morgan fingerprint density at radius 3 is 1.90 bits per heavy atom. The topological polar surface area (TPSA) is 12.9 Å². The molecular formula is C38H45N. The van der Waals surface area contributed by atoms with Crippen molar-refractivity contribution in [1.29, 1.82) is 0 Å². The number of aromatic nitrogens is 1. The summed E-state index contributed by atoms with van der Waals surface area (Å²) in [5, 5.41) is 0. The molecular weight excluding hydrogens is 470 g/mol. The van der Waals surface area contributed by atoms with Crippen LogP contribution in [0.25, 0.3) is 22.4 Å². The number of unbranched alkanes of at least 4 members (excludes halogenated alkanes) is 6. The normalized spacial score (nSPS) is 15.8. The molecule has 0 amide bonds. The summed E-state index contributed by atoms with van der Waals surface area (Å²) in [5.74, 6) is 0. The van der Waals surface area contributed by atoms with Crippen LogP contribution in [-0.2, 0) is 18.3 Å². The van der Waals surface area contributed by atoms with Gasteiger partial charge in [-0.3, -0.25) is 4.98 Å². The van der Waals surface area contributed by atoms with Gasteiger partial charge in [0.2, 0.25) is 0 Å². The van der Waals surface area contributed by atoms with Crippen molar-refractivity contribution >= 4 is 0 Å². The van der Waals surface area contributed by atoms with Gasteiger partial charge in [0.1, 0.15) is 0 Å². The van der Waals surface area contributed by atoms with E-state index in [1.807, 2.05) is 12.3 Å². The van der Waals surface area contributed by atoms with E-state index >= 15 is 0 Å². The van der Waals surface area contributed by atoms with Gasteiger partial charge in [-0.05, 0) is 96.7 Å². The molecule has 1 aliphatic rings. The summed E-state index contributed by atoms with van der Waals surface area (Å²) in [6.07, 6.45) is 14.7. The van der Waals surface area contributed by atoms with Crippen molar-refractivity contribution < 1.29 is 0 Å². The highest BCUT2D eigenvalue weighted by atomic mass is 14.7. The van der Waals surface area contributed by atoms with Crippen molar-refractivity contribution in [2.75, 3.05) is 0 Å². The summed E-state index contributed by atoms with van der Waals surface area (Å²) < 4.78 is 0. The Balaban J connectivity index is 1.63. The van der Waals surface area contributed by atoms with Gasteiger partial charge < -0.3 is 0 Å². The lowest BCUT2D eigenvalue weighted by Crippen LogP contribution is -2.23. The summed E-state index contributed by atoms with van der Waals surface area (Å²) in [4.78, 5) is 4.68. The Bertz CT molecular complexity index is 1370. The molecule has 3 aromatic carbocycles. The average Bonchev–Trinajstić information content (AvgIpc) is 3.22. The summed E-state index contributed by atoms with van der Waals surface area (Å²) >= 11 is 0. The lowest BCUT2D eigenvalue weighted by Gasteiger charge is -2.30. The third-order valence-electron chi connectivity index (χ3n) is 8.79. The van der Waals surface area contributed by atoms with Crippen molar-refractivity contribution in [2.24, 2.45) is 0 Å². The lowest BCUT2D eigenvalue weighted by atomic mass is 9.72. The van der Waals surface area contributed by atoms with Crippen LogP contribution in [0.3, 0.4) is 0 Å². The van der Waals surface area contributed by atoms with Crippen LogP contribution < -0.4 is 0 Å². The van der Waals surface area contributed by atoms with Crippen molar-refractivity contribution in [2.45, 2.75) is 97.3 Å². The lowest BCUT2D eigenvalue weighted by molar-refractivity contribution is 0.656. The highest BCUT2D eigenvalue weighted by Crippen LogP contribution is 2.53. The van der Waals surface area contributed by atoms with Crippen molar-refractivity contribution in [3.05, 3.63) is 112 Å². The first-order valence-electron chi connectivity index (χ1n) is 15.3. The quantitative estimate of drug-likeness (QED) is 0.171. The highest BCUT2D eigenvalue weighted by molar-refractivity contribution is 5.85. The standard InChI is InChI=1S/C38H45N/c1-5-7-9-11-15-29-24-30(16-12-10-8-6-2)26-32(25-29)38(4)35-23-28(3)18-20-33(35)34-21-19-31(27-36(34)38)37-17-13-14-22-39-37/h13-14,17-27H,5-12,15-16H2,1-4H3. The van der Waals surface area contributed by atoms with E-state index in [-0.39, 0.29) is 5.41 Å². The van der Waals surface area contributed by atoms with Crippen LogP contribution >= 0.6 is 0 Å². The fraction of sp³-hybridized carbons (Fsp3) is 0.395. The van der Waals surface area contributed by atoms with Crippen LogP contribution in [0, 0.1) is 6.92 Å². The maximum atomic E-state index is 4.68. The van der Waals surface area contributed by atoms with Gasteiger partial charge in [0.05, 0.1) is 5.69 Å². The molecule has 5 rings (SSSR count). The van der Waals surface area contributed by atoms with E-state index in [1.54, 1.807) is 0 Å². The van der Waals surface area contributed by atoms with E-state index in [4.69, 9.17) is 0 Å². The second-order valence-electron chi connectivity index (χ2n) is 11.8. The number of rotatable bonds is 12. The Morgan fingerprint density at radius 1 is 0.641 bits per heavy atom. The molecule has 1 atom stereocenters. The van der Waals surface area contributed by atoms with E-state index in [0.717, 1.165) is 5.69 Å². The molecule has 39 heavy (non-hydrogen) atoms. The van der Waals surface area contributed by atoms with Gasteiger partial charge in [-0.2, -0.15) is 0 Å². The molecule has 0 radical (unpaired) electrons. The van der Waals surface area contributed by atoms with Gasteiger partial charge in [-0.15, -0.1) is 0 Å². The Labute approximate surface area is 236 Å². The van der Waals surface area contributed by atoms with Gasteiger partial charge >= 0.3 is 0 Å². The molecule has 0 aliphatic heterocycles. The Hall–Kier alpha value is -3.19. The highest BCUT2D eigenvalue weighted by Gasteiger charge is 2.41. The number of hydrogen-bond acceptors (Lipinski definition) is 1. The summed E-state index contributed by atoms with van der Waals surface area (Å²) in [6.45, 7) is 9.29. The molecule has 1 heterocycles. The molecule has 0 saturated carbocycles. The first kappa shape index (κ1) is 27.4. The number of hydrogen-bond donors (Lipinski definition) is 0. The predicted molar refractivity (Wildman–Crippen MR) is 168 cm³/mol. The van der Waals surface area contributed by atoms with Crippen molar-refractivity contribution in [3.63, 3.8) is 0 Å². The third kappa shape index (κ3) is 5.74. The molecule has 0 bridgehead atoms. The fourth-order valence-electron chi connectivity index (χ4n) is 6.50. The van der Waals surface area contributed by atoms with Crippen LogP contribution in [0.5, 0.6) is 0 Å². The molecule has 0 spiro atoms. The molecule has 1 aromatic heterocycles. The smallest absolute Gasteiger partial charge is 0.0702 e. The van der Waals surface area contributed by atoms with Crippen LogP contribution in [0.4, 0.5) is 0 Å². The molecule has 0 fully saturated rings. The van der Waals surface area contributed by atoms with Crippen LogP contribution in [0.15, 0.2) is 79.0 Å². The van der Waals surface area contributed by atoms with Crippen LogP contribution in [0.1, 0.15) is 106 Å². The molecule has 1 heteroatoms.